The number of benzene rings is 1. The number of nitro groups is 1. The van der Waals surface area contributed by atoms with Crippen LogP contribution in [0.2, 0.25) is 5.02 Å². The molecule has 2 aromatic rings. The number of nitrogens with one attached hydrogen (secondary N) is 1. The smallest absolute Gasteiger partial charge is 0.292 e. The topological polar surface area (TPSA) is 110 Å². The molecule has 9 nitrogen and oxygen atoms in total. The molecule has 1 saturated heterocycles. The van der Waals surface area contributed by atoms with Crippen molar-refractivity contribution in [2.75, 3.05) is 24.5 Å². The highest BCUT2D eigenvalue weighted by atomic mass is 35.5. The number of carbonyl (C=O) groups excluding carboxylic acids is 1. The van der Waals surface area contributed by atoms with Crippen LogP contribution in [0.4, 0.5) is 11.4 Å². The zero-order valence-electron chi connectivity index (χ0n) is 15.3. The van der Waals surface area contributed by atoms with Crippen LogP contribution in [0.3, 0.4) is 0 Å². The Hall–Kier alpha value is -2.94. The van der Waals surface area contributed by atoms with Crippen molar-refractivity contribution < 1.29 is 9.72 Å². The average Bonchev–Trinajstić information content (AvgIpc) is 2.70. The van der Waals surface area contributed by atoms with Gasteiger partial charge in [0.1, 0.15) is 5.02 Å². The SMILES string of the molecule is CCNC(=O)C1CCCN(c2cnn(-c3ccc([N+](=O)[O-])cc3)c(=O)c2Cl)C1. The first kappa shape index (κ1) is 19.8. The molecule has 0 aliphatic carbocycles. The molecule has 1 fully saturated rings. The van der Waals surface area contributed by atoms with Gasteiger partial charge in [0.25, 0.3) is 11.2 Å². The summed E-state index contributed by atoms with van der Waals surface area (Å²) in [5.74, 6) is -0.169. The molecule has 1 aromatic carbocycles. The predicted octanol–water partition coefficient (Wildman–Crippen LogP) is 2.15. The summed E-state index contributed by atoms with van der Waals surface area (Å²) in [6.07, 6.45) is 3.09. The van der Waals surface area contributed by atoms with Gasteiger partial charge in [-0.05, 0) is 31.9 Å². The Bertz CT molecular complexity index is 944. The van der Waals surface area contributed by atoms with E-state index in [0.717, 1.165) is 17.5 Å². The standard InChI is InChI=1S/C18H20ClN5O4/c1-2-20-17(25)12-4-3-9-22(11-12)15-10-21-23(18(26)16(15)19)13-5-7-14(8-6-13)24(27)28/h5-8,10,12H,2-4,9,11H2,1H3,(H,20,25). The molecule has 148 valence electrons. The van der Waals surface area contributed by atoms with E-state index in [2.05, 4.69) is 10.4 Å². The summed E-state index contributed by atoms with van der Waals surface area (Å²) in [4.78, 5) is 37.0. The van der Waals surface area contributed by atoms with Crippen LogP contribution in [0.5, 0.6) is 0 Å². The van der Waals surface area contributed by atoms with E-state index in [-0.39, 0.29) is 22.5 Å². The lowest BCUT2D eigenvalue weighted by atomic mass is 9.97. The summed E-state index contributed by atoms with van der Waals surface area (Å²) in [7, 11) is 0. The van der Waals surface area contributed by atoms with Crippen molar-refractivity contribution in [1.29, 1.82) is 0 Å². The molecule has 28 heavy (non-hydrogen) atoms. The van der Waals surface area contributed by atoms with Crippen molar-refractivity contribution in [3.63, 3.8) is 0 Å². The Balaban J connectivity index is 1.86. The number of anilines is 1. The number of non-ortho nitro benzene ring substituents is 1. The Morgan fingerprint density at radius 1 is 1.39 bits per heavy atom. The number of hydrogen-bond acceptors (Lipinski definition) is 6. The van der Waals surface area contributed by atoms with Crippen molar-refractivity contribution in [3.8, 4) is 5.69 Å². The van der Waals surface area contributed by atoms with E-state index < -0.39 is 10.5 Å². The number of amides is 1. The lowest BCUT2D eigenvalue weighted by Gasteiger charge is -2.33. The number of hydrogen-bond donors (Lipinski definition) is 1. The second kappa shape index (κ2) is 8.39. The molecule has 1 N–H and O–H groups in total. The summed E-state index contributed by atoms with van der Waals surface area (Å²) in [6, 6.07) is 5.47. The molecular weight excluding hydrogens is 386 g/mol. The maximum absolute atomic E-state index is 12.7. The van der Waals surface area contributed by atoms with Crippen LogP contribution in [-0.2, 0) is 4.79 Å². The summed E-state index contributed by atoms with van der Waals surface area (Å²) in [5, 5.41) is 17.8. The number of rotatable bonds is 5. The van der Waals surface area contributed by atoms with Crippen LogP contribution in [0.1, 0.15) is 19.8 Å². The molecule has 1 amide bonds. The Kier molecular flexibility index (Phi) is 5.93. The van der Waals surface area contributed by atoms with Gasteiger partial charge in [0.2, 0.25) is 5.91 Å². The molecule has 1 aliphatic rings. The predicted molar refractivity (Wildman–Crippen MR) is 105 cm³/mol. The number of aromatic nitrogens is 2. The zero-order chi connectivity index (χ0) is 20.3. The molecule has 0 radical (unpaired) electrons. The normalized spacial score (nSPS) is 16.6. The highest BCUT2D eigenvalue weighted by Crippen LogP contribution is 2.27. The van der Waals surface area contributed by atoms with E-state index in [1.54, 1.807) is 0 Å². The molecule has 0 spiro atoms. The molecule has 0 saturated carbocycles. The van der Waals surface area contributed by atoms with Crippen molar-refractivity contribution in [3.05, 3.63) is 56.0 Å². The monoisotopic (exact) mass is 405 g/mol. The van der Waals surface area contributed by atoms with Crippen LogP contribution in [0, 0.1) is 16.0 Å². The fourth-order valence-electron chi connectivity index (χ4n) is 3.27. The van der Waals surface area contributed by atoms with Crippen LogP contribution < -0.4 is 15.8 Å². The highest BCUT2D eigenvalue weighted by molar-refractivity contribution is 6.33. The van der Waals surface area contributed by atoms with Crippen LogP contribution in [0.25, 0.3) is 5.69 Å². The molecule has 0 bridgehead atoms. The maximum Gasteiger partial charge on any atom is 0.292 e. The second-order valence-corrected chi connectivity index (χ2v) is 6.89. The largest absolute Gasteiger partial charge is 0.368 e. The minimum Gasteiger partial charge on any atom is -0.368 e. The first-order valence-electron chi connectivity index (χ1n) is 8.97. The summed E-state index contributed by atoms with van der Waals surface area (Å²) in [5.41, 5.74) is 0.263. The fraction of sp³-hybridized carbons (Fsp3) is 0.389. The van der Waals surface area contributed by atoms with Gasteiger partial charge in [0.15, 0.2) is 0 Å². The third-order valence-corrected chi connectivity index (χ3v) is 5.04. The maximum atomic E-state index is 12.7. The molecular formula is C18H20ClN5O4. The zero-order valence-corrected chi connectivity index (χ0v) is 16.1. The molecule has 1 aromatic heterocycles. The minimum absolute atomic E-state index is 0.00416. The molecule has 1 atom stereocenters. The first-order chi connectivity index (χ1) is 13.4. The Labute approximate surface area is 166 Å². The average molecular weight is 406 g/mol. The second-order valence-electron chi connectivity index (χ2n) is 6.51. The van der Waals surface area contributed by atoms with Gasteiger partial charge in [-0.3, -0.25) is 19.7 Å². The summed E-state index contributed by atoms with van der Waals surface area (Å²) >= 11 is 6.33. The Morgan fingerprint density at radius 3 is 2.75 bits per heavy atom. The lowest BCUT2D eigenvalue weighted by Crippen LogP contribution is -2.43. The molecule has 2 heterocycles. The first-order valence-corrected chi connectivity index (χ1v) is 9.35. The Morgan fingerprint density at radius 2 is 2.11 bits per heavy atom. The number of nitro benzene ring substituents is 1. The van der Waals surface area contributed by atoms with E-state index in [0.29, 0.717) is 31.0 Å². The number of nitrogens with zero attached hydrogens (tertiary/aromatic N) is 4. The van der Waals surface area contributed by atoms with Crippen molar-refractivity contribution in [2.45, 2.75) is 19.8 Å². The molecule has 1 unspecified atom stereocenters. The van der Waals surface area contributed by atoms with Gasteiger partial charge in [-0.2, -0.15) is 9.78 Å². The van der Waals surface area contributed by atoms with E-state index in [1.807, 2.05) is 11.8 Å². The lowest BCUT2D eigenvalue weighted by molar-refractivity contribution is -0.384. The summed E-state index contributed by atoms with van der Waals surface area (Å²) in [6.45, 7) is 3.59. The highest BCUT2D eigenvalue weighted by Gasteiger charge is 2.27. The van der Waals surface area contributed by atoms with Gasteiger partial charge in [-0.1, -0.05) is 11.6 Å². The molecule has 1 aliphatic heterocycles. The van der Waals surface area contributed by atoms with E-state index >= 15 is 0 Å². The van der Waals surface area contributed by atoms with E-state index in [9.17, 15) is 19.7 Å². The van der Waals surface area contributed by atoms with Gasteiger partial charge in [-0.25, -0.2) is 0 Å². The number of carbonyl (C=O) groups is 1. The van der Waals surface area contributed by atoms with Gasteiger partial charge >= 0.3 is 0 Å². The van der Waals surface area contributed by atoms with Gasteiger partial charge in [-0.15, -0.1) is 0 Å². The quantitative estimate of drug-likeness (QED) is 0.602. The third-order valence-electron chi connectivity index (χ3n) is 4.69. The van der Waals surface area contributed by atoms with E-state index in [4.69, 9.17) is 11.6 Å². The van der Waals surface area contributed by atoms with Gasteiger partial charge in [0.05, 0.1) is 28.4 Å². The van der Waals surface area contributed by atoms with Gasteiger partial charge in [0, 0.05) is 31.8 Å². The third kappa shape index (κ3) is 3.99. The fourth-order valence-corrected chi connectivity index (χ4v) is 3.52. The van der Waals surface area contributed by atoms with Crippen LogP contribution in [-0.4, -0.2) is 40.2 Å². The number of halogens is 1. The molecule has 10 heteroatoms. The van der Waals surface area contributed by atoms with Crippen molar-refractivity contribution >= 4 is 28.9 Å². The molecule has 3 rings (SSSR count). The van der Waals surface area contributed by atoms with E-state index in [1.165, 1.54) is 30.5 Å². The minimum atomic E-state index is -0.520. The van der Waals surface area contributed by atoms with Crippen molar-refractivity contribution in [1.82, 2.24) is 15.1 Å². The van der Waals surface area contributed by atoms with Crippen molar-refractivity contribution in [2.24, 2.45) is 5.92 Å². The van der Waals surface area contributed by atoms with Crippen LogP contribution in [0.15, 0.2) is 35.3 Å². The van der Waals surface area contributed by atoms with Crippen LogP contribution >= 0.6 is 11.6 Å². The number of piperidine rings is 1. The van der Waals surface area contributed by atoms with Gasteiger partial charge < -0.3 is 10.2 Å². The summed E-state index contributed by atoms with van der Waals surface area (Å²) < 4.78 is 1.10.